The van der Waals surface area contributed by atoms with E-state index >= 15 is 0 Å². The molecule has 5 nitrogen and oxygen atoms in total. The van der Waals surface area contributed by atoms with Crippen LogP contribution in [0.5, 0.6) is 5.75 Å². The van der Waals surface area contributed by atoms with Crippen molar-refractivity contribution in [2.24, 2.45) is 0 Å². The summed E-state index contributed by atoms with van der Waals surface area (Å²) in [5.74, 6) is 0.748. The fourth-order valence-corrected chi connectivity index (χ4v) is 2.14. The summed E-state index contributed by atoms with van der Waals surface area (Å²) in [7, 11) is 0. The van der Waals surface area contributed by atoms with Gasteiger partial charge in [0.15, 0.2) is 0 Å². The van der Waals surface area contributed by atoms with Crippen LogP contribution in [0.1, 0.15) is 13.3 Å². The van der Waals surface area contributed by atoms with Gasteiger partial charge in [-0.05, 0) is 18.6 Å². The number of aliphatic hydroxyl groups is 2. The number of fused-ring (bicyclic) bond motifs is 1. The molecule has 0 radical (unpaired) electrons. The van der Waals surface area contributed by atoms with Gasteiger partial charge in [0.1, 0.15) is 11.9 Å². The van der Waals surface area contributed by atoms with Gasteiger partial charge in [0, 0.05) is 18.3 Å². The molecule has 0 aliphatic carbocycles. The Kier molecular flexibility index (Phi) is 3.93. The number of nitrogens with zero attached hydrogens (tertiary/aromatic N) is 1. The van der Waals surface area contributed by atoms with Crippen molar-refractivity contribution < 1.29 is 14.9 Å². The number of nitrogen functional groups attached to an aromatic ring is 1. The second-order valence-electron chi connectivity index (χ2n) is 4.62. The Morgan fingerprint density at radius 1 is 1.56 bits per heavy atom. The normalized spacial score (nSPS) is 20.2. The number of hydrogen-bond donors (Lipinski definition) is 3. The number of aliphatic hydroxyl groups excluding tert-OH is 2. The molecule has 5 heteroatoms. The van der Waals surface area contributed by atoms with Crippen LogP contribution in [-0.2, 0) is 0 Å². The van der Waals surface area contributed by atoms with Gasteiger partial charge < -0.3 is 25.6 Å². The Bertz CT molecular complexity index is 411. The van der Waals surface area contributed by atoms with E-state index in [1.807, 2.05) is 17.0 Å². The van der Waals surface area contributed by atoms with Crippen LogP contribution in [0.3, 0.4) is 0 Å². The predicted molar refractivity (Wildman–Crippen MR) is 70.9 cm³/mol. The van der Waals surface area contributed by atoms with Crippen molar-refractivity contribution in [3.05, 3.63) is 18.2 Å². The molecule has 2 atom stereocenters. The Hall–Kier alpha value is -1.46. The molecule has 4 N–H and O–H groups in total. The molecule has 100 valence electrons. The summed E-state index contributed by atoms with van der Waals surface area (Å²) in [6.45, 7) is 2.93. The second-order valence-corrected chi connectivity index (χ2v) is 4.62. The summed E-state index contributed by atoms with van der Waals surface area (Å²) >= 11 is 0. The predicted octanol–water partition coefficient (Wildman–Crippen LogP) is 0.599. The summed E-state index contributed by atoms with van der Waals surface area (Å²) in [6, 6.07) is 5.50. The lowest BCUT2D eigenvalue weighted by molar-refractivity contribution is 0.0951. The first-order valence-electron chi connectivity index (χ1n) is 6.24. The van der Waals surface area contributed by atoms with Crippen LogP contribution in [-0.4, -0.2) is 42.1 Å². The molecule has 0 amide bonds. The zero-order valence-electron chi connectivity index (χ0n) is 10.5. The highest BCUT2D eigenvalue weighted by Gasteiger charge is 2.25. The number of benzene rings is 1. The van der Waals surface area contributed by atoms with Crippen LogP contribution in [0, 0.1) is 0 Å². The number of ether oxygens (including phenoxy) is 1. The number of nitrogens with two attached hydrogens (primary N) is 1. The van der Waals surface area contributed by atoms with Gasteiger partial charge in [-0.15, -0.1) is 0 Å². The standard InChI is InChI=1S/C13H20N2O3/c1-2-11-7-15(6-10(17)8-16)12-4-3-9(14)5-13(12)18-11/h3-5,10-11,16-17H,2,6-8,14H2,1H3. The number of rotatable bonds is 4. The van der Waals surface area contributed by atoms with E-state index in [1.54, 1.807) is 6.07 Å². The molecule has 0 bridgehead atoms. The minimum absolute atomic E-state index is 0.0881. The van der Waals surface area contributed by atoms with Crippen LogP contribution < -0.4 is 15.4 Å². The van der Waals surface area contributed by atoms with E-state index in [1.165, 1.54) is 0 Å². The van der Waals surface area contributed by atoms with E-state index in [2.05, 4.69) is 6.92 Å². The van der Waals surface area contributed by atoms with Gasteiger partial charge in [0.25, 0.3) is 0 Å². The molecule has 0 fully saturated rings. The minimum Gasteiger partial charge on any atom is -0.486 e. The Labute approximate surface area is 107 Å². The van der Waals surface area contributed by atoms with Crippen LogP contribution in [0.15, 0.2) is 18.2 Å². The molecule has 1 heterocycles. The van der Waals surface area contributed by atoms with E-state index in [0.29, 0.717) is 18.8 Å². The highest BCUT2D eigenvalue weighted by molar-refractivity contribution is 5.65. The van der Waals surface area contributed by atoms with Crippen molar-refractivity contribution in [2.45, 2.75) is 25.6 Å². The smallest absolute Gasteiger partial charge is 0.145 e. The topological polar surface area (TPSA) is 79.0 Å². The molecule has 1 aromatic carbocycles. The van der Waals surface area contributed by atoms with Gasteiger partial charge in [-0.1, -0.05) is 6.92 Å². The molecule has 2 unspecified atom stereocenters. The van der Waals surface area contributed by atoms with Crippen molar-refractivity contribution in [3.63, 3.8) is 0 Å². The number of β-amino-alcohol motifs (C(OH)–C–C–N with tert-alkyl or cyclic N) is 1. The lowest BCUT2D eigenvalue weighted by atomic mass is 10.1. The van der Waals surface area contributed by atoms with Crippen molar-refractivity contribution >= 4 is 11.4 Å². The van der Waals surface area contributed by atoms with Crippen molar-refractivity contribution in [1.82, 2.24) is 0 Å². The van der Waals surface area contributed by atoms with E-state index in [4.69, 9.17) is 15.6 Å². The summed E-state index contributed by atoms with van der Waals surface area (Å²) in [5.41, 5.74) is 7.33. The van der Waals surface area contributed by atoms with Gasteiger partial charge in [-0.25, -0.2) is 0 Å². The highest BCUT2D eigenvalue weighted by atomic mass is 16.5. The summed E-state index contributed by atoms with van der Waals surface area (Å²) in [5, 5.41) is 18.5. The number of hydrogen-bond acceptors (Lipinski definition) is 5. The molecule has 0 spiro atoms. The van der Waals surface area contributed by atoms with Gasteiger partial charge in [0.2, 0.25) is 0 Å². The SMILES string of the molecule is CCC1CN(CC(O)CO)c2ccc(N)cc2O1. The summed E-state index contributed by atoms with van der Waals surface area (Å²) in [4.78, 5) is 2.04. The van der Waals surface area contributed by atoms with Gasteiger partial charge >= 0.3 is 0 Å². The van der Waals surface area contributed by atoms with Crippen molar-refractivity contribution in [1.29, 1.82) is 0 Å². The van der Waals surface area contributed by atoms with Gasteiger partial charge in [-0.2, -0.15) is 0 Å². The molecular weight excluding hydrogens is 232 g/mol. The Morgan fingerprint density at radius 3 is 3.00 bits per heavy atom. The maximum atomic E-state index is 9.59. The van der Waals surface area contributed by atoms with Crippen molar-refractivity contribution in [3.8, 4) is 5.75 Å². The molecule has 1 aliphatic rings. The third-order valence-electron chi connectivity index (χ3n) is 3.14. The monoisotopic (exact) mass is 252 g/mol. The molecule has 0 saturated heterocycles. The maximum absolute atomic E-state index is 9.59. The lowest BCUT2D eigenvalue weighted by Crippen LogP contribution is -2.44. The summed E-state index contributed by atoms with van der Waals surface area (Å²) in [6.07, 6.45) is 0.233. The molecular formula is C13H20N2O3. The molecule has 1 aromatic rings. The quantitative estimate of drug-likeness (QED) is 0.684. The van der Waals surface area contributed by atoms with E-state index in [0.717, 1.165) is 17.9 Å². The molecule has 1 aliphatic heterocycles. The maximum Gasteiger partial charge on any atom is 0.145 e. The zero-order chi connectivity index (χ0) is 13.1. The van der Waals surface area contributed by atoms with Gasteiger partial charge in [-0.3, -0.25) is 0 Å². The van der Waals surface area contributed by atoms with Crippen molar-refractivity contribution in [2.75, 3.05) is 30.3 Å². The van der Waals surface area contributed by atoms with E-state index in [9.17, 15) is 5.11 Å². The minimum atomic E-state index is -0.744. The molecule has 2 rings (SSSR count). The fourth-order valence-electron chi connectivity index (χ4n) is 2.14. The third kappa shape index (κ3) is 2.68. The highest BCUT2D eigenvalue weighted by Crippen LogP contribution is 2.35. The molecule has 0 aromatic heterocycles. The van der Waals surface area contributed by atoms with Crippen LogP contribution in [0.4, 0.5) is 11.4 Å². The van der Waals surface area contributed by atoms with Crippen LogP contribution >= 0.6 is 0 Å². The average molecular weight is 252 g/mol. The molecule has 0 saturated carbocycles. The Morgan fingerprint density at radius 2 is 2.33 bits per heavy atom. The van der Waals surface area contributed by atoms with E-state index in [-0.39, 0.29) is 12.7 Å². The first-order valence-corrected chi connectivity index (χ1v) is 6.24. The Balaban J connectivity index is 2.25. The van der Waals surface area contributed by atoms with E-state index < -0.39 is 6.10 Å². The molecule has 18 heavy (non-hydrogen) atoms. The number of anilines is 2. The lowest BCUT2D eigenvalue weighted by Gasteiger charge is -2.37. The fraction of sp³-hybridized carbons (Fsp3) is 0.538. The third-order valence-corrected chi connectivity index (χ3v) is 3.14. The second kappa shape index (κ2) is 5.46. The van der Waals surface area contributed by atoms with Gasteiger partial charge in [0.05, 0.1) is 24.9 Å². The zero-order valence-corrected chi connectivity index (χ0v) is 10.5. The first-order chi connectivity index (χ1) is 8.63. The first kappa shape index (κ1) is 13.0. The van der Waals surface area contributed by atoms with Crippen LogP contribution in [0.25, 0.3) is 0 Å². The summed E-state index contributed by atoms with van der Waals surface area (Å²) < 4.78 is 5.84. The largest absolute Gasteiger partial charge is 0.486 e. The average Bonchev–Trinajstić information content (AvgIpc) is 2.37. The van der Waals surface area contributed by atoms with Crippen LogP contribution in [0.2, 0.25) is 0 Å².